The summed E-state index contributed by atoms with van der Waals surface area (Å²) in [6.07, 6.45) is 8.18. The highest BCUT2D eigenvalue weighted by atomic mass is 79.9. The van der Waals surface area contributed by atoms with Crippen LogP contribution in [0.5, 0.6) is 0 Å². The number of nitrogens with one attached hydrogen (secondary N) is 1. The smallest absolute Gasteiger partial charge is 0.321 e. The predicted octanol–water partition coefficient (Wildman–Crippen LogP) is 5.07. The fraction of sp³-hybridized carbons (Fsp3) is 0.588. The molecule has 1 fully saturated rings. The van der Waals surface area contributed by atoms with Crippen LogP contribution >= 0.6 is 15.9 Å². The number of alkyl halides is 1. The molecule has 1 aliphatic heterocycles. The van der Waals surface area contributed by atoms with Crippen molar-refractivity contribution in [1.82, 2.24) is 4.90 Å². The summed E-state index contributed by atoms with van der Waals surface area (Å²) in [4.78, 5) is 13.8. The molecule has 1 aromatic rings. The van der Waals surface area contributed by atoms with Gasteiger partial charge in [0, 0.05) is 24.1 Å². The molecule has 0 radical (unpaired) electrons. The second-order valence-electron chi connectivity index (χ2n) is 6.41. The van der Waals surface area contributed by atoms with E-state index in [-0.39, 0.29) is 6.03 Å². The number of anilines is 1. The number of carbonyl (C=O) groups is 1. The summed E-state index contributed by atoms with van der Waals surface area (Å²) >= 11 is 3.88. The van der Waals surface area contributed by atoms with E-state index in [1.54, 1.807) is 4.90 Å². The number of benzene rings is 1. The summed E-state index contributed by atoms with van der Waals surface area (Å²) in [7, 11) is 1.83. The molecule has 1 heterocycles. The zero-order valence-corrected chi connectivity index (χ0v) is 14.2. The lowest BCUT2D eigenvalue weighted by Crippen LogP contribution is -2.35. The third kappa shape index (κ3) is 3.42. The minimum atomic E-state index is -0.0205. The highest BCUT2D eigenvalue weighted by Gasteiger charge is 2.22. The van der Waals surface area contributed by atoms with E-state index in [0.717, 1.165) is 11.6 Å². The van der Waals surface area contributed by atoms with Gasteiger partial charge < -0.3 is 10.2 Å². The Labute approximate surface area is 135 Å². The van der Waals surface area contributed by atoms with Crippen molar-refractivity contribution >= 4 is 27.6 Å². The van der Waals surface area contributed by atoms with Crippen molar-refractivity contribution in [2.24, 2.45) is 5.92 Å². The molecule has 3 rings (SSSR count). The van der Waals surface area contributed by atoms with Crippen LogP contribution in [-0.4, -0.2) is 18.0 Å². The Bertz CT molecular complexity index is 526. The van der Waals surface area contributed by atoms with Crippen molar-refractivity contribution in [1.29, 1.82) is 0 Å². The van der Waals surface area contributed by atoms with Gasteiger partial charge in [-0.15, -0.1) is 0 Å². The molecule has 2 amide bonds. The molecule has 21 heavy (non-hydrogen) atoms. The summed E-state index contributed by atoms with van der Waals surface area (Å²) in [5.41, 5.74) is 3.51. The fourth-order valence-electron chi connectivity index (χ4n) is 3.45. The molecule has 1 aliphatic carbocycles. The first-order valence-corrected chi connectivity index (χ1v) is 8.84. The van der Waals surface area contributed by atoms with Crippen LogP contribution in [0.1, 0.15) is 54.5 Å². The lowest BCUT2D eigenvalue weighted by Gasteiger charge is -2.28. The van der Waals surface area contributed by atoms with Gasteiger partial charge in [-0.2, -0.15) is 0 Å². The van der Waals surface area contributed by atoms with Crippen LogP contribution in [-0.2, 0) is 6.54 Å². The Kier molecular flexibility index (Phi) is 4.53. The van der Waals surface area contributed by atoms with Gasteiger partial charge in [-0.3, -0.25) is 0 Å². The van der Waals surface area contributed by atoms with Crippen LogP contribution in [0.2, 0.25) is 0 Å². The average Bonchev–Trinajstić information content (AvgIpc) is 2.49. The van der Waals surface area contributed by atoms with E-state index in [4.69, 9.17) is 0 Å². The molecule has 1 unspecified atom stereocenters. The van der Waals surface area contributed by atoms with Gasteiger partial charge in [-0.25, -0.2) is 4.79 Å². The summed E-state index contributed by atoms with van der Waals surface area (Å²) in [5, 5.41) is 2.93. The van der Waals surface area contributed by atoms with Crippen molar-refractivity contribution in [2.75, 3.05) is 12.4 Å². The molecule has 1 atom stereocenters. The van der Waals surface area contributed by atoms with E-state index in [2.05, 4.69) is 33.4 Å². The summed E-state index contributed by atoms with van der Waals surface area (Å²) in [6.45, 7) is 0.693. The molecule has 1 aromatic carbocycles. The van der Waals surface area contributed by atoms with Crippen LogP contribution in [0, 0.1) is 5.92 Å². The molecule has 3 nitrogen and oxygen atoms in total. The van der Waals surface area contributed by atoms with Gasteiger partial charge in [0.25, 0.3) is 0 Å². The first-order valence-electron chi connectivity index (χ1n) is 7.92. The van der Waals surface area contributed by atoms with Gasteiger partial charge in [0.05, 0.1) is 0 Å². The molecular weight excluding hydrogens is 328 g/mol. The maximum absolute atomic E-state index is 11.6. The Morgan fingerprint density at radius 3 is 2.86 bits per heavy atom. The maximum Gasteiger partial charge on any atom is 0.321 e. The van der Waals surface area contributed by atoms with Crippen molar-refractivity contribution in [3.05, 3.63) is 29.3 Å². The SMILES string of the molecule is CN1Cc2cc(C(Br)CC3CCCCC3)ccc2NC1=O. The number of amides is 2. The van der Waals surface area contributed by atoms with Gasteiger partial charge in [-0.1, -0.05) is 60.2 Å². The zero-order chi connectivity index (χ0) is 14.8. The first-order chi connectivity index (χ1) is 10.1. The van der Waals surface area contributed by atoms with Crippen molar-refractivity contribution in [3.8, 4) is 0 Å². The Hall–Kier alpha value is -1.03. The minimum absolute atomic E-state index is 0.0205. The quantitative estimate of drug-likeness (QED) is 0.758. The second kappa shape index (κ2) is 6.39. The predicted molar refractivity (Wildman–Crippen MR) is 89.8 cm³/mol. The Balaban J connectivity index is 1.70. The number of hydrogen-bond acceptors (Lipinski definition) is 1. The van der Waals surface area contributed by atoms with E-state index in [9.17, 15) is 4.79 Å². The number of rotatable bonds is 3. The second-order valence-corrected chi connectivity index (χ2v) is 7.52. The highest BCUT2D eigenvalue weighted by molar-refractivity contribution is 9.09. The van der Waals surface area contributed by atoms with E-state index in [0.29, 0.717) is 11.4 Å². The highest BCUT2D eigenvalue weighted by Crippen LogP contribution is 2.37. The van der Waals surface area contributed by atoms with E-state index in [1.807, 2.05) is 13.1 Å². The molecule has 1 saturated carbocycles. The van der Waals surface area contributed by atoms with Gasteiger partial charge in [0.2, 0.25) is 0 Å². The molecular formula is C17H23BrN2O. The van der Waals surface area contributed by atoms with Crippen LogP contribution in [0.25, 0.3) is 0 Å². The lowest BCUT2D eigenvalue weighted by molar-refractivity contribution is 0.218. The van der Waals surface area contributed by atoms with Gasteiger partial charge in [0.15, 0.2) is 0 Å². The summed E-state index contributed by atoms with van der Waals surface area (Å²) in [6, 6.07) is 6.41. The average molecular weight is 351 g/mol. The lowest BCUT2D eigenvalue weighted by atomic mass is 9.85. The van der Waals surface area contributed by atoms with Gasteiger partial charge in [-0.05, 0) is 29.5 Å². The minimum Gasteiger partial charge on any atom is -0.323 e. The third-order valence-corrected chi connectivity index (χ3v) is 5.65. The number of nitrogens with zero attached hydrogens (tertiary/aromatic N) is 1. The summed E-state index contributed by atoms with van der Waals surface area (Å²) in [5.74, 6) is 0.863. The van der Waals surface area contributed by atoms with Gasteiger partial charge >= 0.3 is 6.03 Å². The fourth-order valence-corrected chi connectivity index (χ4v) is 4.26. The van der Waals surface area contributed by atoms with Gasteiger partial charge in [0.1, 0.15) is 0 Å². The molecule has 1 N–H and O–H groups in total. The molecule has 0 saturated heterocycles. The number of hydrogen-bond donors (Lipinski definition) is 1. The summed E-state index contributed by atoms with van der Waals surface area (Å²) < 4.78 is 0. The first kappa shape index (κ1) is 14.9. The van der Waals surface area contributed by atoms with Crippen molar-refractivity contribution in [3.63, 3.8) is 0 Å². The number of fused-ring (bicyclic) bond motifs is 1. The van der Waals surface area contributed by atoms with E-state index >= 15 is 0 Å². The Morgan fingerprint density at radius 1 is 1.33 bits per heavy atom. The molecule has 2 aliphatic rings. The van der Waals surface area contributed by atoms with Crippen LogP contribution in [0.3, 0.4) is 0 Å². The largest absolute Gasteiger partial charge is 0.323 e. The van der Waals surface area contributed by atoms with Crippen LogP contribution in [0.4, 0.5) is 10.5 Å². The van der Waals surface area contributed by atoms with Crippen LogP contribution < -0.4 is 5.32 Å². The molecule has 114 valence electrons. The number of halogens is 1. The normalized spacial score (nSPS) is 20.9. The standard InChI is InChI=1S/C17H23BrN2O/c1-20-11-14-10-13(7-8-16(14)19-17(20)21)15(18)9-12-5-3-2-4-6-12/h7-8,10,12,15H,2-6,9,11H2,1H3,(H,19,21). The molecule has 0 bridgehead atoms. The van der Waals surface area contributed by atoms with Crippen LogP contribution in [0.15, 0.2) is 18.2 Å². The molecule has 0 aromatic heterocycles. The third-order valence-electron chi connectivity index (χ3n) is 4.75. The van der Waals surface area contributed by atoms with E-state index in [1.165, 1.54) is 49.7 Å². The Morgan fingerprint density at radius 2 is 2.10 bits per heavy atom. The number of urea groups is 1. The zero-order valence-electron chi connectivity index (χ0n) is 12.6. The monoisotopic (exact) mass is 350 g/mol. The topological polar surface area (TPSA) is 32.3 Å². The molecule has 4 heteroatoms. The van der Waals surface area contributed by atoms with Crippen molar-refractivity contribution in [2.45, 2.75) is 49.9 Å². The maximum atomic E-state index is 11.6. The number of carbonyl (C=O) groups excluding carboxylic acids is 1. The van der Waals surface area contributed by atoms with Crippen molar-refractivity contribution < 1.29 is 4.79 Å². The van der Waals surface area contributed by atoms with E-state index < -0.39 is 0 Å². The molecule has 0 spiro atoms.